The molecule has 1 fully saturated rings. The molecule has 3 rings (SSSR count). The number of rotatable bonds is 4. The molecule has 0 spiro atoms. The molecule has 1 aromatic carbocycles. The summed E-state index contributed by atoms with van der Waals surface area (Å²) >= 11 is 0. The Balaban J connectivity index is 1.65. The predicted octanol–water partition coefficient (Wildman–Crippen LogP) is 2.95. The molecule has 1 saturated heterocycles. The van der Waals surface area contributed by atoms with Gasteiger partial charge in [-0.1, -0.05) is 36.8 Å². The summed E-state index contributed by atoms with van der Waals surface area (Å²) in [5.41, 5.74) is 2.69. The summed E-state index contributed by atoms with van der Waals surface area (Å²) in [6.07, 6.45) is 4.06. The number of nitrogens with one attached hydrogen (secondary N) is 1. The normalized spacial score (nSPS) is 17.6. The van der Waals surface area contributed by atoms with Crippen molar-refractivity contribution in [3.8, 4) is 0 Å². The molecular formula is C19H24N4O. The van der Waals surface area contributed by atoms with E-state index in [2.05, 4.69) is 33.2 Å². The van der Waals surface area contributed by atoms with Crippen molar-refractivity contribution >= 4 is 11.9 Å². The maximum atomic E-state index is 12.4. The van der Waals surface area contributed by atoms with Gasteiger partial charge >= 0.3 is 0 Å². The van der Waals surface area contributed by atoms with Crippen LogP contribution in [0, 0.1) is 12.8 Å². The number of nitrogens with zero attached hydrogens (tertiary/aromatic N) is 3. The lowest BCUT2D eigenvalue weighted by molar-refractivity contribution is 0.0946. The Morgan fingerprint density at radius 3 is 3.04 bits per heavy atom. The molecule has 0 radical (unpaired) electrons. The number of carbonyl (C=O) groups is 1. The summed E-state index contributed by atoms with van der Waals surface area (Å²) in [6, 6.07) is 9.79. The lowest BCUT2D eigenvalue weighted by Gasteiger charge is -2.30. The highest BCUT2D eigenvalue weighted by molar-refractivity contribution is 5.92. The maximum absolute atomic E-state index is 12.4. The highest BCUT2D eigenvalue weighted by atomic mass is 16.1. The summed E-state index contributed by atoms with van der Waals surface area (Å²) in [5, 5.41) is 2.93. The van der Waals surface area contributed by atoms with Crippen LogP contribution in [0.5, 0.6) is 0 Å². The first-order valence-electron chi connectivity index (χ1n) is 8.53. The van der Waals surface area contributed by atoms with E-state index >= 15 is 0 Å². The summed E-state index contributed by atoms with van der Waals surface area (Å²) in [7, 11) is 0. The zero-order valence-corrected chi connectivity index (χ0v) is 14.3. The minimum Gasteiger partial charge on any atom is -0.347 e. The van der Waals surface area contributed by atoms with Crippen LogP contribution in [0.4, 0.5) is 5.95 Å². The third-order valence-corrected chi connectivity index (χ3v) is 4.35. The average molecular weight is 324 g/mol. The lowest BCUT2D eigenvalue weighted by atomic mass is 10.0. The van der Waals surface area contributed by atoms with Crippen molar-refractivity contribution in [3.63, 3.8) is 0 Å². The van der Waals surface area contributed by atoms with E-state index in [1.165, 1.54) is 12.0 Å². The zero-order valence-electron chi connectivity index (χ0n) is 14.3. The molecule has 1 atom stereocenters. The molecule has 126 valence electrons. The van der Waals surface area contributed by atoms with Gasteiger partial charge in [0.25, 0.3) is 5.91 Å². The van der Waals surface area contributed by atoms with Crippen LogP contribution >= 0.6 is 0 Å². The Morgan fingerprint density at radius 1 is 1.38 bits per heavy atom. The van der Waals surface area contributed by atoms with Crippen LogP contribution in [0.2, 0.25) is 0 Å². The van der Waals surface area contributed by atoms with E-state index < -0.39 is 0 Å². The van der Waals surface area contributed by atoms with E-state index in [0.29, 0.717) is 24.1 Å². The molecule has 5 heteroatoms. The minimum atomic E-state index is -0.162. The number of aryl methyl sites for hydroxylation is 1. The van der Waals surface area contributed by atoms with Crippen molar-refractivity contribution in [1.82, 2.24) is 15.3 Å². The van der Waals surface area contributed by atoms with Crippen LogP contribution in [0.1, 0.15) is 41.4 Å². The number of amides is 1. The topological polar surface area (TPSA) is 58.1 Å². The number of carbonyl (C=O) groups excluding carboxylic acids is 1. The molecule has 1 amide bonds. The van der Waals surface area contributed by atoms with Crippen LogP contribution in [-0.2, 0) is 6.54 Å². The standard InChI is InChI=1S/C19H24N4O/c1-14-5-3-7-16(11-14)12-21-18(24)17-8-9-20-19(22-17)23-10-4-6-15(2)13-23/h3,5,7-9,11,15H,4,6,10,12-13H2,1-2H3,(H,21,24). The molecule has 0 aliphatic carbocycles. The fourth-order valence-corrected chi connectivity index (χ4v) is 3.09. The van der Waals surface area contributed by atoms with Gasteiger partial charge in [-0.25, -0.2) is 9.97 Å². The third kappa shape index (κ3) is 4.10. The van der Waals surface area contributed by atoms with Crippen LogP contribution in [0.25, 0.3) is 0 Å². The molecule has 1 unspecified atom stereocenters. The Morgan fingerprint density at radius 2 is 2.25 bits per heavy atom. The van der Waals surface area contributed by atoms with Gasteiger partial charge < -0.3 is 10.2 Å². The van der Waals surface area contributed by atoms with E-state index in [-0.39, 0.29) is 5.91 Å². The maximum Gasteiger partial charge on any atom is 0.270 e. The van der Waals surface area contributed by atoms with Gasteiger partial charge in [0, 0.05) is 25.8 Å². The van der Waals surface area contributed by atoms with Crippen molar-refractivity contribution in [3.05, 3.63) is 53.3 Å². The molecule has 1 aromatic heterocycles. The van der Waals surface area contributed by atoms with Gasteiger partial charge in [-0.15, -0.1) is 0 Å². The molecule has 1 N–H and O–H groups in total. The van der Waals surface area contributed by atoms with Crippen molar-refractivity contribution in [2.45, 2.75) is 33.2 Å². The van der Waals surface area contributed by atoms with Gasteiger partial charge in [-0.3, -0.25) is 4.79 Å². The van der Waals surface area contributed by atoms with Crippen molar-refractivity contribution in [2.75, 3.05) is 18.0 Å². The number of piperidine rings is 1. The van der Waals surface area contributed by atoms with E-state index in [4.69, 9.17) is 0 Å². The molecule has 5 nitrogen and oxygen atoms in total. The second-order valence-corrected chi connectivity index (χ2v) is 6.61. The largest absolute Gasteiger partial charge is 0.347 e. The van der Waals surface area contributed by atoms with E-state index in [1.807, 2.05) is 25.1 Å². The Hall–Kier alpha value is -2.43. The summed E-state index contributed by atoms with van der Waals surface area (Å²) in [5.74, 6) is 1.14. The molecule has 2 heterocycles. The lowest BCUT2D eigenvalue weighted by Crippen LogP contribution is -2.36. The number of anilines is 1. The van der Waals surface area contributed by atoms with Crippen LogP contribution in [0.3, 0.4) is 0 Å². The molecule has 1 aliphatic heterocycles. The van der Waals surface area contributed by atoms with Gasteiger partial charge in [-0.05, 0) is 37.3 Å². The van der Waals surface area contributed by atoms with Crippen LogP contribution in [0.15, 0.2) is 36.5 Å². The Kier molecular flexibility index (Phi) is 5.08. The van der Waals surface area contributed by atoms with Crippen molar-refractivity contribution < 1.29 is 4.79 Å². The summed E-state index contributed by atoms with van der Waals surface area (Å²) in [6.45, 7) is 6.69. The molecule has 24 heavy (non-hydrogen) atoms. The number of aromatic nitrogens is 2. The fourth-order valence-electron chi connectivity index (χ4n) is 3.09. The monoisotopic (exact) mass is 324 g/mol. The van der Waals surface area contributed by atoms with Gasteiger partial charge in [-0.2, -0.15) is 0 Å². The van der Waals surface area contributed by atoms with E-state index in [9.17, 15) is 4.79 Å². The first-order valence-corrected chi connectivity index (χ1v) is 8.53. The Bertz CT molecular complexity index is 716. The fraction of sp³-hybridized carbons (Fsp3) is 0.421. The van der Waals surface area contributed by atoms with Crippen molar-refractivity contribution in [2.24, 2.45) is 5.92 Å². The first-order chi connectivity index (χ1) is 11.6. The van der Waals surface area contributed by atoms with Crippen LogP contribution in [-0.4, -0.2) is 29.0 Å². The number of hydrogen-bond donors (Lipinski definition) is 1. The van der Waals surface area contributed by atoms with Gasteiger partial charge in [0.15, 0.2) is 0 Å². The summed E-state index contributed by atoms with van der Waals surface area (Å²) in [4.78, 5) is 23.4. The zero-order chi connectivity index (χ0) is 16.9. The highest BCUT2D eigenvalue weighted by Gasteiger charge is 2.19. The van der Waals surface area contributed by atoms with Gasteiger partial charge in [0.05, 0.1) is 0 Å². The van der Waals surface area contributed by atoms with Gasteiger partial charge in [0.1, 0.15) is 5.69 Å². The Labute approximate surface area is 143 Å². The molecule has 2 aromatic rings. The average Bonchev–Trinajstić information content (AvgIpc) is 2.60. The quantitative estimate of drug-likeness (QED) is 0.939. The number of hydrogen-bond acceptors (Lipinski definition) is 4. The second-order valence-electron chi connectivity index (χ2n) is 6.61. The highest BCUT2D eigenvalue weighted by Crippen LogP contribution is 2.19. The molecule has 1 aliphatic rings. The summed E-state index contributed by atoms with van der Waals surface area (Å²) < 4.78 is 0. The predicted molar refractivity (Wildman–Crippen MR) is 95.0 cm³/mol. The first kappa shape index (κ1) is 16.4. The third-order valence-electron chi connectivity index (χ3n) is 4.35. The molecule has 0 saturated carbocycles. The van der Waals surface area contributed by atoms with E-state index in [1.54, 1.807) is 12.3 Å². The smallest absolute Gasteiger partial charge is 0.270 e. The molecular weight excluding hydrogens is 300 g/mol. The van der Waals surface area contributed by atoms with E-state index in [0.717, 1.165) is 25.1 Å². The van der Waals surface area contributed by atoms with Gasteiger partial charge in [0.2, 0.25) is 5.95 Å². The minimum absolute atomic E-state index is 0.162. The number of benzene rings is 1. The second kappa shape index (κ2) is 7.43. The SMILES string of the molecule is Cc1cccc(CNC(=O)c2ccnc(N3CCCC(C)C3)n2)c1. The molecule has 0 bridgehead atoms. The van der Waals surface area contributed by atoms with Crippen molar-refractivity contribution in [1.29, 1.82) is 0 Å². The van der Waals surface area contributed by atoms with Crippen LogP contribution < -0.4 is 10.2 Å².